The van der Waals surface area contributed by atoms with Crippen LogP contribution in [0, 0.1) is 0 Å². The molecule has 0 atom stereocenters. The third-order valence-electron chi connectivity index (χ3n) is 4.94. The molecule has 156 valence electrons. The maximum atomic E-state index is 12.9. The van der Waals surface area contributed by atoms with Crippen LogP contribution < -0.4 is 5.32 Å². The summed E-state index contributed by atoms with van der Waals surface area (Å²) in [6, 6.07) is 8.02. The summed E-state index contributed by atoms with van der Waals surface area (Å²) in [5.41, 5.74) is 1.14. The maximum Gasteiger partial charge on any atom is 0.272 e. The summed E-state index contributed by atoms with van der Waals surface area (Å²) in [4.78, 5) is 26.4. The molecule has 0 unspecified atom stereocenters. The van der Waals surface area contributed by atoms with Gasteiger partial charge >= 0.3 is 0 Å². The van der Waals surface area contributed by atoms with Crippen LogP contribution in [0.15, 0.2) is 41.4 Å². The third kappa shape index (κ3) is 4.51. The standard InChI is InChI=1S/C20H26N4O4S/c1-22(2)20(26)15-8-7-9-16(12-15)21-19(25)18-13-17(14-23(18)3)29(27,28)24-10-5-4-6-11-24/h7-9,12-14H,4-6,10-11H2,1-3H3,(H,21,25). The molecular formula is C20H26N4O4S. The molecule has 2 aromatic rings. The highest BCUT2D eigenvalue weighted by Gasteiger charge is 2.28. The van der Waals surface area contributed by atoms with Crippen molar-refractivity contribution in [1.29, 1.82) is 0 Å². The molecule has 1 saturated heterocycles. The summed E-state index contributed by atoms with van der Waals surface area (Å²) < 4.78 is 28.7. The van der Waals surface area contributed by atoms with E-state index >= 15 is 0 Å². The van der Waals surface area contributed by atoms with E-state index in [1.54, 1.807) is 45.4 Å². The van der Waals surface area contributed by atoms with Crippen LogP contribution in [0.2, 0.25) is 0 Å². The zero-order valence-corrected chi connectivity index (χ0v) is 17.7. The van der Waals surface area contributed by atoms with Crippen LogP contribution in [-0.4, -0.2) is 61.2 Å². The minimum Gasteiger partial charge on any atom is -0.345 e. The molecular weight excluding hydrogens is 392 g/mol. The van der Waals surface area contributed by atoms with Crippen molar-refractivity contribution < 1.29 is 18.0 Å². The fourth-order valence-electron chi connectivity index (χ4n) is 3.34. The Morgan fingerprint density at radius 1 is 1.07 bits per heavy atom. The molecule has 0 aliphatic carbocycles. The first kappa shape index (κ1) is 21.1. The van der Waals surface area contributed by atoms with Crippen molar-refractivity contribution in [2.45, 2.75) is 24.2 Å². The highest BCUT2D eigenvalue weighted by atomic mass is 32.2. The molecule has 0 radical (unpaired) electrons. The van der Waals surface area contributed by atoms with Crippen molar-refractivity contribution in [3.05, 3.63) is 47.8 Å². The quantitative estimate of drug-likeness (QED) is 0.805. The summed E-state index contributed by atoms with van der Waals surface area (Å²) in [6.07, 6.45) is 4.19. The number of nitrogens with one attached hydrogen (secondary N) is 1. The zero-order chi connectivity index (χ0) is 21.2. The SMILES string of the molecule is CN(C)C(=O)c1cccc(NC(=O)c2cc(S(=O)(=O)N3CCCCC3)cn2C)c1. The van der Waals surface area contributed by atoms with Gasteiger partial charge in [-0.3, -0.25) is 9.59 Å². The average molecular weight is 419 g/mol. The number of anilines is 1. The number of benzene rings is 1. The molecule has 1 aromatic heterocycles. The Kier molecular flexibility index (Phi) is 6.09. The van der Waals surface area contributed by atoms with E-state index in [0.29, 0.717) is 24.3 Å². The first-order chi connectivity index (χ1) is 13.7. The number of carbonyl (C=O) groups is 2. The van der Waals surface area contributed by atoms with E-state index in [2.05, 4.69) is 5.32 Å². The molecule has 1 fully saturated rings. The minimum absolute atomic E-state index is 0.114. The van der Waals surface area contributed by atoms with Crippen LogP contribution in [0.3, 0.4) is 0 Å². The smallest absolute Gasteiger partial charge is 0.272 e. The maximum absolute atomic E-state index is 12.9. The van der Waals surface area contributed by atoms with Gasteiger partial charge in [-0.15, -0.1) is 0 Å². The average Bonchev–Trinajstić information content (AvgIpc) is 3.11. The van der Waals surface area contributed by atoms with Crippen molar-refractivity contribution in [3.8, 4) is 0 Å². The predicted molar refractivity (Wildman–Crippen MR) is 110 cm³/mol. The summed E-state index contributed by atoms with van der Waals surface area (Å²) in [7, 11) is 1.33. The second kappa shape index (κ2) is 8.38. The molecule has 29 heavy (non-hydrogen) atoms. The molecule has 1 aromatic carbocycles. The fraction of sp³-hybridized carbons (Fsp3) is 0.400. The van der Waals surface area contributed by atoms with Gasteiger partial charge in [-0.25, -0.2) is 8.42 Å². The van der Waals surface area contributed by atoms with E-state index in [1.165, 1.54) is 26.0 Å². The van der Waals surface area contributed by atoms with Crippen molar-refractivity contribution in [2.24, 2.45) is 7.05 Å². The first-order valence-corrected chi connectivity index (χ1v) is 10.9. The zero-order valence-electron chi connectivity index (χ0n) is 16.9. The Bertz CT molecular complexity index is 1020. The van der Waals surface area contributed by atoms with Gasteiger partial charge in [0.2, 0.25) is 10.0 Å². The summed E-state index contributed by atoms with van der Waals surface area (Å²) in [6.45, 7) is 1.01. The number of hydrogen-bond donors (Lipinski definition) is 1. The molecule has 1 N–H and O–H groups in total. The molecule has 1 aliphatic rings. The van der Waals surface area contributed by atoms with E-state index < -0.39 is 15.9 Å². The van der Waals surface area contributed by atoms with Crippen LogP contribution in [0.25, 0.3) is 0 Å². The number of aryl methyl sites for hydroxylation is 1. The number of rotatable bonds is 5. The number of aromatic nitrogens is 1. The molecule has 9 heteroatoms. The number of nitrogens with zero attached hydrogens (tertiary/aromatic N) is 3. The van der Waals surface area contributed by atoms with Crippen molar-refractivity contribution >= 4 is 27.5 Å². The molecule has 0 saturated carbocycles. The molecule has 2 amide bonds. The molecule has 0 spiro atoms. The van der Waals surface area contributed by atoms with Crippen LogP contribution >= 0.6 is 0 Å². The molecule has 0 bridgehead atoms. The second-order valence-electron chi connectivity index (χ2n) is 7.37. The monoisotopic (exact) mass is 418 g/mol. The van der Waals surface area contributed by atoms with Gasteiger partial charge in [-0.2, -0.15) is 4.31 Å². The van der Waals surface area contributed by atoms with Crippen molar-refractivity contribution in [1.82, 2.24) is 13.8 Å². The number of hydrogen-bond acceptors (Lipinski definition) is 4. The topological polar surface area (TPSA) is 91.7 Å². The Morgan fingerprint density at radius 3 is 2.41 bits per heavy atom. The van der Waals surface area contributed by atoms with Crippen molar-refractivity contribution in [2.75, 3.05) is 32.5 Å². The predicted octanol–water partition coefficient (Wildman–Crippen LogP) is 2.15. The Hall–Kier alpha value is -2.65. The van der Waals surface area contributed by atoms with E-state index in [1.807, 2.05) is 0 Å². The van der Waals surface area contributed by atoms with Gasteiger partial charge < -0.3 is 14.8 Å². The lowest BCUT2D eigenvalue weighted by Gasteiger charge is -2.25. The van der Waals surface area contributed by atoms with Gasteiger partial charge in [0.15, 0.2) is 0 Å². The molecule has 2 heterocycles. The molecule has 3 rings (SSSR count). The highest BCUT2D eigenvalue weighted by molar-refractivity contribution is 7.89. The van der Waals surface area contributed by atoms with Crippen LogP contribution in [0.1, 0.15) is 40.1 Å². The summed E-state index contributed by atoms with van der Waals surface area (Å²) in [5, 5.41) is 2.74. The Labute approximate surface area is 171 Å². The fourth-order valence-corrected chi connectivity index (χ4v) is 4.93. The minimum atomic E-state index is -3.62. The van der Waals surface area contributed by atoms with Crippen molar-refractivity contribution in [3.63, 3.8) is 0 Å². The van der Waals surface area contributed by atoms with Gasteiger partial charge in [0.05, 0.1) is 0 Å². The van der Waals surface area contributed by atoms with Crippen LogP contribution in [0.5, 0.6) is 0 Å². The van der Waals surface area contributed by atoms with Gasteiger partial charge in [-0.1, -0.05) is 12.5 Å². The lowest BCUT2D eigenvalue weighted by molar-refractivity contribution is 0.0827. The van der Waals surface area contributed by atoms with Gasteiger partial charge in [0.25, 0.3) is 11.8 Å². The number of piperidine rings is 1. The van der Waals surface area contributed by atoms with E-state index in [-0.39, 0.29) is 16.5 Å². The normalized spacial score (nSPS) is 15.1. The van der Waals surface area contributed by atoms with E-state index in [4.69, 9.17) is 0 Å². The summed E-state index contributed by atoms with van der Waals surface area (Å²) >= 11 is 0. The first-order valence-electron chi connectivity index (χ1n) is 9.50. The van der Waals surface area contributed by atoms with Gasteiger partial charge in [0, 0.05) is 51.7 Å². The summed E-state index contributed by atoms with van der Waals surface area (Å²) in [5.74, 6) is -0.614. The van der Waals surface area contributed by atoms with E-state index in [9.17, 15) is 18.0 Å². The van der Waals surface area contributed by atoms with Crippen LogP contribution in [0.4, 0.5) is 5.69 Å². The highest BCUT2D eigenvalue weighted by Crippen LogP contribution is 2.23. The molecule has 1 aliphatic heterocycles. The Morgan fingerprint density at radius 2 is 1.76 bits per heavy atom. The van der Waals surface area contributed by atoms with E-state index in [0.717, 1.165) is 19.3 Å². The Balaban J connectivity index is 1.81. The number of sulfonamides is 1. The largest absolute Gasteiger partial charge is 0.345 e. The van der Waals surface area contributed by atoms with Crippen LogP contribution in [-0.2, 0) is 17.1 Å². The second-order valence-corrected chi connectivity index (χ2v) is 9.31. The van der Waals surface area contributed by atoms with Gasteiger partial charge in [-0.05, 0) is 37.1 Å². The lowest BCUT2D eigenvalue weighted by atomic mass is 10.2. The van der Waals surface area contributed by atoms with Gasteiger partial charge in [0.1, 0.15) is 10.6 Å². The lowest BCUT2D eigenvalue weighted by Crippen LogP contribution is -2.35. The third-order valence-corrected chi connectivity index (χ3v) is 6.80. The number of carbonyl (C=O) groups excluding carboxylic acids is 2. The number of amides is 2. The molecule has 8 nitrogen and oxygen atoms in total.